The minimum Gasteiger partial charge on any atom is -0.480 e. The highest BCUT2D eigenvalue weighted by molar-refractivity contribution is 6.30. The number of carbonyl (C=O) groups excluding carboxylic acids is 1. The van der Waals surface area contributed by atoms with Gasteiger partial charge in [-0.25, -0.2) is 4.98 Å². The molecule has 2 unspecified atom stereocenters. The number of ether oxygens (including phenoxy) is 1. The van der Waals surface area contributed by atoms with Crippen molar-refractivity contribution < 1.29 is 9.53 Å². The lowest BCUT2D eigenvalue weighted by Gasteiger charge is -2.17. The summed E-state index contributed by atoms with van der Waals surface area (Å²) < 4.78 is 7.60. The van der Waals surface area contributed by atoms with Crippen LogP contribution in [0, 0.1) is 0 Å². The maximum Gasteiger partial charge on any atom is 0.261 e. The Hall–Kier alpha value is -2.01. The standard InChI is InChI=1S/C15H16ClN3O2/c1-10(8-19-5-4-17-9-19)18-15(20)14-7-11-6-12(16)2-3-13(11)21-14/h2-6,9-10,14H,7-8H2,1H3,(H,18,20). The van der Waals surface area contributed by atoms with Crippen LogP contribution in [0.4, 0.5) is 0 Å². The van der Waals surface area contributed by atoms with Crippen LogP contribution in [0.5, 0.6) is 5.75 Å². The molecule has 0 spiro atoms. The third-order valence-electron chi connectivity index (χ3n) is 3.42. The molecule has 0 fully saturated rings. The number of halogens is 1. The minimum atomic E-state index is -0.483. The number of imidazole rings is 1. The normalized spacial score (nSPS) is 17.9. The number of nitrogens with one attached hydrogen (secondary N) is 1. The third kappa shape index (κ3) is 3.19. The second-order valence-electron chi connectivity index (χ2n) is 5.23. The fourth-order valence-corrected chi connectivity index (χ4v) is 2.65. The van der Waals surface area contributed by atoms with Gasteiger partial charge in [-0.3, -0.25) is 4.79 Å². The summed E-state index contributed by atoms with van der Waals surface area (Å²) in [7, 11) is 0. The van der Waals surface area contributed by atoms with Gasteiger partial charge in [0.25, 0.3) is 5.91 Å². The van der Waals surface area contributed by atoms with Gasteiger partial charge in [0, 0.05) is 36.4 Å². The number of nitrogens with zero attached hydrogens (tertiary/aromatic N) is 2. The van der Waals surface area contributed by atoms with Crippen LogP contribution in [0.2, 0.25) is 5.02 Å². The van der Waals surface area contributed by atoms with Crippen molar-refractivity contribution in [2.45, 2.75) is 32.0 Å². The lowest BCUT2D eigenvalue weighted by molar-refractivity contribution is -0.127. The van der Waals surface area contributed by atoms with E-state index in [-0.39, 0.29) is 11.9 Å². The zero-order chi connectivity index (χ0) is 14.8. The first-order valence-corrected chi connectivity index (χ1v) is 7.21. The molecule has 0 radical (unpaired) electrons. The van der Waals surface area contributed by atoms with Crippen LogP contribution >= 0.6 is 11.6 Å². The van der Waals surface area contributed by atoms with E-state index in [0.717, 1.165) is 11.3 Å². The van der Waals surface area contributed by atoms with Crippen LogP contribution in [-0.4, -0.2) is 27.6 Å². The summed E-state index contributed by atoms with van der Waals surface area (Å²) in [5, 5.41) is 3.62. The monoisotopic (exact) mass is 305 g/mol. The molecule has 6 heteroatoms. The van der Waals surface area contributed by atoms with Crippen molar-refractivity contribution in [1.82, 2.24) is 14.9 Å². The van der Waals surface area contributed by atoms with Gasteiger partial charge in [-0.15, -0.1) is 0 Å². The Bertz CT molecular complexity index is 642. The highest BCUT2D eigenvalue weighted by Crippen LogP contribution is 2.31. The Morgan fingerprint density at radius 1 is 1.62 bits per heavy atom. The van der Waals surface area contributed by atoms with Crippen LogP contribution in [0.15, 0.2) is 36.9 Å². The van der Waals surface area contributed by atoms with Crippen LogP contribution in [0.3, 0.4) is 0 Å². The number of aromatic nitrogens is 2. The van der Waals surface area contributed by atoms with Gasteiger partial charge in [-0.1, -0.05) is 11.6 Å². The summed E-state index contributed by atoms with van der Waals surface area (Å²) in [6.45, 7) is 2.63. The van der Waals surface area contributed by atoms with Gasteiger partial charge in [-0.2, -0.15) is 0 Å². The topological polar surface area (TPSA) is 56.2 Å². The van der Waals surface area contributed by atoms with Crippen molar-refractivity contribution in [3.63, 3.8) is 0 Å². The molecule has 0 saturated carbocycles. The van der Waals surface area contributed by atoms with Gasteiger partial charge >= 0.3 is 0 Å². The van der Waals surface area contributed by atoms with Crippen molar-refractivity contribution in [3.05, 3.63) is 47.5 Å². The molecule has 110 valence electrons. The maximum atomic E-state index is 12.2. The molecular weight excluding hydrogens is 290 g/mol. The zero-order valence-corrected chi connectivity index (χ0v) is 12.4. The lowest BCUT2D eigenvalue weighted by Crippen LogP contribution is -2.43. The van der Waals surface area contributed by atoms with Crippen LogP contribution in [0.25, 0.3) is 0 Å². The Labute approximate surface area is 127 Å². The molecule has 1 aromatic carbocycles. The molecule has 2 atom stereocenters. The van der Waals surface area contributed by atoms with Gasteiger partial charge in [0.2, 0.25) is 0 Å². The average molecular weight is 306 g/mol. The molecule has 1 aliphatic rings. The molecule has 1 aromatic heterocycles. The van der Waals surface area contributed by atoms with E-state index in [0.29, 0.717) is 18.0 Å². The van der Waals surface area contributed by atoms with E-state index in [4.69, 9.17) is 16.3 Å². The minimum absolute atomic E-state index is 0.00241. The Morgan fingerprint density at radius 2 is 2.48 bits per heavy atom. The molecule has 1 amide bonds. The maximum absolute atomic E-state index is 12.2. The predicted octanol–water partition coefficient (Wildman–Crippen LogP) is 2.04. The van der Waals surface area contributed by atoms with Gasteiger partial charge in [-0.05, 0) is 30.7 Å². The number of amides is 1. The van der Waals surface area contributed by atoms with Crippen molar-refractivity contribution >= 4 is 17.5 Å². The number of benzene rings is 1. The zero-order valence-electron chi connectivity index (χ0n) is 11.6. The summed E-state index contributed by atoms with van der Waals surface area (Å²) in [6, 6.07) is 5.42. The number of hydrogen-bond acceptors (Lipinski definition) is 3. The highest BCUT2D eigenvalue weighted by Gasteiger charge is 2.29. The summed E-state index contributed by atoms with van der Waals surface area (Å²) in [5.74, 6) is 0.636. The average Bonchev–Trinajstić information content (AvgIpc) is 3.06. The second kappa shape index (κ2) is 5.77. The van der Waals surface area contributed by atoms with Crippen molar-refractivity contribution in [2.75, 3.05) is 0 Å². The van der Waals surface area contributed by atoms with E-state index >= 15 is 0 Å². The summed E-state index contributed by atoms with van der Waals surface area (Å²) in [5.41, 5.74) is 0.977. The van der Waals surface area contributed by atoms with Gasteiger partial charge in [0.15, 0.2) is 6.10 Å². The first-order valence-electron chi connectivity index (χ1n) is 6.83. The Morgan fingerprint density at radius 3 is 3.24 bits per heavy atom. The number of hydrogen-bond donors (Lipinski definition) is 1. The van der Waals surface area contributed by atoms with Crippen LogP contribution in [-0.2, 0) is 17.8 Å². The molecule has 1 aliphatic heterocycles. The van der Waals surface area contributed by atoms with E-state index in [9.17, 15) is 4.79 Å². The molecule has 1 N–H and O–H groups in total. The number of fused-ring (bicyclic) bond motifs is 1. The summed E-state index contributed by atoms with van der Waals surface area (Å²) in [4.78, 5) is 16.2. The third-order valence-corrected chi connectivity index (χ3v) is 3.66. The van der Waals surface area contributed by atoms with Crippen LogP contribution in [0.1, 0.15) is 12.5 Å². The largest absolute Gasteiger partial charge is 0.480 e. The predicted molar refractivity (Wildman–Crippen MR) is 79.4 cm³/mol. The quantitative estimate of drug-likeness (QED) is 0.940. The fraction of sp³-hybridized carbons (Fsp3) is 0.333. The summed E-state index contributed by atoms with van der Waals surface area (Å²) in [6.07, 6.45) is 5.39. The summed E-state index contributed by atoms with van der Waals surface area (Å²) >= 11 is 5.95. The van der Waals surface area contributed by atoms with E-state index in [2.05, 4.69) is 10.3 Å². The van der Waals surface area contributed by atoms with Gasteiger partial charge in [0.1, 0.15) is 5.75 Å². The first kappa shape index (κ1) is 13.9. The molecule has 21 heavy (non-hydrogen) atoms. The van der Waals surface area contributed by atoms with E-state index in [1.807, 2.05) is 23.8 Å². The molecule has 2 heterocycles. The highest BCUT2D eigenvalue weighted by atomic mass is 35.5. The van der Waals surface area contributed by atoms with Gasteiger partial charge in [0.05, 0.1) is 6.33 Å². The second-order valence-corrected chi connectivity index (χ2v) is 5.67. The molecule has 5 nitrogen and oxygen atoms in total. The van der Waals surface area contributed by atoms with Gasteiger partial charge < -0.3 is 14.6 Å². The van der Waals surface area contributed by atoms with Crippen molar-refractivity contribution in [1.29, 1.82) is 0 Å². The number of carbonyl (C=O) groups is 1. The molecular formula is C15H16ClN3O2. The van der Waals surface area contributed by atoms with Crippen LogP contribution < -0.4 is 10.1 Å². The Kier molecular flexibility index (Phi) is 3.84. The number of rotatable bonds is 4. The first-order chi connectivity index (χ1) is 10.1. The van der Waals surface area contributed by atoms with E-state index in [1.54, 1.807) is 24.7 Å². The van der Waals surface area contributed by atoms with E-state index < -0.39 is 6.10 Å². The molecule has 2 aromatic rings. The fourth-order valence-electron chi connectivity index (χ4n) is 2.46. The lowest BCUT2D eigenvalue weighted by atomic mass is 10.1. The molecule has 0 aliphatic carbocycles. The smallest absolute Gasteiger partial charge is 0.261 e. The van der Waals surface area contributed by atoms with E-state index in [1.165, 1.54) is 0 Å². The SMILES string of the molecule is CC(Cn1ccnc1)NC(=O)C1Cc2cc(Cl)ccc2O1. The molecule has 3 rings (SSSR count). The molecule has 0 bridgehead atoms. The van der Waals surface area contributed by atoms with Crippen molar-refractivity contribution in [3.8, 4) is 5.75 Å². The Balaban J connectivity index is 1.57. The molecule has 0 saturated heterocycles. The van der Waals surface area contributed by atoms with Crippen molar-refractivity contribution in [2.24, 2.45) is 0 Å².